The summed E-state index contributed by atoms with van der Waals surface area (Å²) in [7, 11) is 0. The molecule has 0 radical (unpaired) electrons. The lowest BCUT2D eigenvalue weighted by Crippen LogP contribution is -2.53. The van der Waals surface area contributed by atoms with Gasteiger partial charge in [-0.1, -0.05) is 42.1 Å². The lowest BCUT2D eigenvalue weighted by molar-refractivity contribution is 0.0460. The molecule has 1 N–H and O–H groups in total. The molecular formula is C18H21N3O3S. The molecule has 3 rings (SSSR count). The van der Waals surface area contributed by atoms with Crippen molar-refractivity contribution in [3.63, 3.8) is 0 Å². The van der Waals surface area contributed by atoms with Crippen LogP contribution in [0.3, 0.4) is 0 Å². The molecule has 6 nitrogen and oxygen atoms in total. The first kappa shape index (κ1) is 17.5. The topological polar surface area (TPSA) is 75.3 Å². The van der Waals surface area contributed by atoms with Crippen molar-refractivity contribution < 1.29 is 9.53 Å². The number of fused-ring (bicyclic) bond motifs is 1. The Morgan fingerprint density at radius 1 is 1.36 bits per heavy atom. The van der Waals surface area contributed by atoms with Crippen molar-refractivity contribution in [2.75, 3.05) is 6.26 Å². The maximum absolute atomic E-state index is 12.6. The zero-order chi connectivity index (χ0) is 18.0. The number of hydrogen-bond donors (Lipinski definition) is 1. The number of carbonyl (C=O) groups is 1. The second-order valence-corrected chi connectivity index (χ2v) is 7.41. The van der Waals surface area contributed by atoms with Crippen LogP contribution in [-0.4, -0.2) is 32.8 Å². The van der Waals surface area contributed by atoms with E-state index in [2.05, 4.69) is 9.97 Å². The van der Waals surface area contributed by atoms with Crippen LogP contribution in [0.1, 0.15) is 30.7 Å². The van der Waals surface area contributed by atoms with Crippen LogP contribution in [0.15, 0.2) is 40.3 Å². The number of aromatic amines is 1. The minimum absolute atomic E-state index is 0.125. The number of ether oxygens (including phenoxy) is 1. The number of aromatic nitrogens is 2. The number of carbonyl (C=O) groups excluding carboxylic acids is 1. The summed E-state index contributed by atoms with van der Waals surface area (Å²) in [6.07, 6.45) is 1.90. The lowest BCUT2D eigenvalue weighted by Gasteiger charge is -2.41. The Morgan fingerprint density at radius 2 is 2.08 bits per heavy atom. The van der Waals surface area contributed by atoms with Gasteiger partial charge in [0.15, 0.2) is 5.16 Å². The first-order valence-electron chi connectivity index (χ1n) is 8.05. The van der Waals surface area contributed by atoms with E-state index in [9.17, 15) is 9.59 Å². The smallest absolute Gasteiger partial charge is 0.410 e. The van der Waals surface area contributed by atoms with Gasteiger partial charge in [0.05, 0.1) is 12.2 Å². The van der Waals surface area contributed by atoms with Crippen LogP contribution in [0.5, 0.6) is 0 Å². The Labute approximate surface area is 150 Å². The number of H-pyrrole nitrogens is 1. The van der Waals surface area contributed by atoms with Gasteiger partial charge in [-0.3, -0.25) is 9.69 Å². The molecule has 1 aromatic heterocycles. The third-order valence-corrected chi connectivity index (χ3v) is 4.93. The van der Waals surface area contributed by atoms with Crippen molar-refractivity contribution in [1.29, 1.82) is 0 Å². The minimum atomic E-state index is -0.518. The van der Waals surface area contributed by atoms with Crippen LogP contribution in [0.4, 0.5) is 4.79 Å². The van der Waals surface area contributed by atoms with Gasteiger partial charge in [0.2, 0.25) is 0 Å². The van der Waals surface area contributed by atoms with Gasteiger partial charge in [-0.25, -0.2) is 9.78 Å². The molecular weight excluding hydrogens is 338 g/mol. The number of amides is 1. The van der Waals surface area contributed by atoms with E-state index in [-0.39, 0.29) is 18.7 Å². The highest BCUT2D eigenvalue weighted by Crippen LogP contribution is 2.29. The first-order valence-corrected chi connectivity index (χ1v) is 9.27. The van der Waals surface area contributed by atoms with Crippen LogP contribution in [0.2, 0.25) is 0 Å². The van der Waals surface area contributed by atoms with Gasteiger partial charge < -0.3 is 9.72 Å². The summed E-state index contributed by atoms with van der Waals surface area (Å²) in [6.45, 7) is 4.36. The maximum Gasteiger partial charge on any atom is 0.410 e. The van der Waals surface area contributed by atoms with Gasteiger partial charge in [0.1, 0.15) is 6.61 Å². The van der Waals surface area contributed by atoms with Crippen LogP contribution in [0.25, 0.3) is 0 Å². The largest absolute Gasteiger partial charge is 0.445 e. The second-order valence-electron chi connectivity index (χ2n) is 6.62. The summed E-state index contributed by atoms with van der Waals surface area (Å²) < 4.78 is 5.47. The average molecular weight is 359 g/mol. The van der Waals surface area contributed by atoms with Gasteiger partial charge in [-0.2, -0.15) is 0 Å². The summed E-state index contributed by atoms with van der Waals surface area (Å²) in [5.41, 5.74) is 1.58. The maximum atomic E-state index is 12.6. The summed E-state index contributed by atoms with van der Waals surface area (Å²) in [4.78, 5) is 33.8. The van der Waals surface area contributed by atoms with E-state index >= 15 is 0 Å². The number of nitrogens with zero attached hydrogens (tertiary/aromatic N) is 2. The van der Waals surface area contributed by atoms with Crippen molar-refractivity contribution >= 4 is 17.9 Å². The van der Waals surface area contributed by atoms with Crippen LogP contribution < -0.4 is 5.56 Å². The van der Waals surface area contributed by atoms with Crippen LogP contribution in [-0.2, 0) is 24.3 Å². The van der Waals surface area contributed by atoms with E-state index in [1.54, 1.807) is 4.90 Å². The number of hydrogen-bond acceptors (Lipinski definition) is 5. The van der Waals surface area contributed by atoms with Gasteiger partial charge in [0.25, 0.3) is 5.56 Å². The predicted octanol–water partition coefficient (Wildman–Crippen LogP) is 2.97. The third-order valence-electron chi connectivity index (χ3n) is 4.35. The fourth-order valence-electron chi connectivity index (χ4n) is 2.93. The summed E-state index contributed by atoms with van der Waals surface area (Å²) >= 11 is 1.37. The number of thioether (sulfide) groups is 1. The number of rotatable bonds is 3. The summed E-state index contributed by atoms with van der Waals surface area (Å²) in [5.74, 6) is 0. The van der Waals surface area contributed by atoms with Crippen LogP contribution in [0, 0.1) is 0 Å². The van der Waals surface area contributed by atoms with Crippen LogP contribution >= 0.6 is 11.8 Å². The fraction of sp³-hybridized carbons (Fsp3) is 0.389. The molecule has 0 aliphatic carbocycles. The molecule has 2 heterocycles. The lowest BCUT2D eigenvalue weighted by atomic mass is 9.89. The van der Waals surface area contributed by atoms with E-state index in [4.69, 9.17) is 4.74 Å². The summed E-state index contributed by atoms with van der Waals surface area (Å²) in [5, 5.41) is 0.557. The molecule has 132 valence electrons. The fourth-order valence-corrected chi connectivity index (χ4v) is 3.33. The molecule has 0 bridgehead atoms. The first-order chi connectivity index (χ1) is 11.9. The van der Waals surface area contributed by atoms with E-state index in [0.717, 1.165) is 5.56 Å². The number of nitrogens with one attached hydrogen (secondary N) is 1. The van der Waals surface area contributed by atoms with Crippen molar-refractivity contribution in [3.05, 3.63) is 57.5 Å². The van der Waals surface area contributed by atoms with E-state index in [1.165, 1.54) is 11.8 Å². The molecule has 0 atom stereocenters. The van der Waals surface area contributed by atoms with Gasteiger partial charge in [-0.05, 0) is 25.7 Å². The summed E-state index contributed by atoms with van der Waals surface area (Å²) in [6, 6.07) is 9.56. The second kappa shape index (κ2) is 6.92. The van der Waals surface area contributed by atoms with E-state index < -0.39 is 11.6 Å². The minimum Gasteiger partial charge on any atom is -0.445 e. The molecule has 7 heteroatoms. The Bertz CT molecular complexity index is 833. The Hall–Kier alpha value is -2.28. The average Bonchev–Trinajstić information content (AvgIpc) is 2.60. The Balaban J connectivity index is 1.80. The SMILES string of the molecule is CSc1nc2c(c(=O)[nH]1)CC(C)(C)N(C(=O)OCc1ccccc1)C2. The molecule has 25 heavy (non-hydrogen) atoms. The van der Waals surface area contributed by atoms with Crippen molar-refractivity contribution in [1.82, 2.24) is 14.9 Å². The molecule has 0 spiro atoms. The molecule has 1 aromatic carbocycles. The highest BCUT2D eigenvalue weighted by atomic mass is 32.2. The monoisotopic (exact) mass is 359 g/mol. The van der Waals surface area contributed by atoms with Gasteiger partial charge in [-0.15, -0.1) is 0 Å². The molecule has 1 amide bonds. The molecule has 2 aromatic rings. The molecule has 1 aliphatic rings. The molecule has 0 saturated heterocycles. The Kier molecular flexibility index (Phi) is 4.85. The molecule has 0 fully saturated rings. The quantitative estimate of drug-likeness (QED) is 0.674. The highest BCUT2D eigenvalue weighted by molar-refractivity contribution is 7.98. The third kappa shape index (κ3) is 3.71. The highest BCUT2D eigenvalue weighted by Gasteiger charge is 2.39. The van der Waals surface area contributed by atoms with Crippen molar-refractivity contribution in [2.24, 2.45) is 0 Å². The zero-order valence-corrected chi connectivity index (χ0v) is 15.4. The zero-order valence-electron chi connectivity index (χ0n) is 14.5. The predicted molar refractivity (Wildman–Crippen MR) is 96.6 cm³/mol. The van der Waals surface area contributed by atoms with E-state index in [0.29, 0.717) is 22.8 Å². The number of benzene rings is 1. The standard InChI is InChI=1S/C18H21N3O3S/c1-18(2)9-13-14(19-16(25-3)20-15(13)22)10-21(18)17(23)24-11-12-7-5-4-6-8-12/h4-8H,9-11H2,1-3H3,(H,19,20,22). The van der Waals surface area contributed by atoms with Crippen molar-refractivity contribution in [3.8, 4) is 0 Å². The van der Waals surface area contributed by atoms with E-state index in [1.807, 2.05) is 50.4 Å². The molecule has 1 aliphatic heterocycles. The van der Waals surface area contributed by atoms with Gasteiger partial charge >= 0.3 is 6.09 Å². The normalized spacial score (nSPS) is 15.6. The molecule has 0 unspecified atom stereocenters. The Morgan fingerprint density at radius 3 is 2.76 bits per heavy atom. The molecule has 0 saturated carbocycles. The van der Waals surface area contributed by atoms with Gasteiger partial charge in [0, 0.05) is 17.5 Å². The van der Waals surface area contributed by atoms with Crippen molar-refractivity contribution in [2.45, 2.75) is 44.1 Å².